The SMILES string of the molecule is CC/C=C/C=C/C=C/C=C/CCCCCCCC(=O)OCC(COCCC(C(=O)[O-])[N+](C)(C)C)OC(=O)CCCC/C=C/C/C=C/C/C=C/C/C=C/C/C=C/C/C=C/CC. The smallest absolute Gasteiger partial charge is 0.306 e. The number of aliphatic carboxylic acids is 1. The molecule has 336 valence electrons. The van der Waals surface area contributed by atoms with Crippen LogP contribution in [0.5, 0.6) is 0 Å². The van der Waals surface area contributed by atoms with Crippen LogP contribution in [0, 0.1) is 0 Å². The summed E-state index contributed by atoms with van der Waals surface area (Å²) in [5.74, 6) is -1.84. The summed E-state index contributed by atoms with van der Waals surface area (Å²) < 4.78 is 17.1. The molecule has 0 aliphatic heterocycles. The predicted molar refractivity (Wildman–Crippen MR) is 249 cm³/mol. The van der Waals surface area contributed by atoms with E-state index in [1.165, 1.54) is 0 Å². The lowest BCUT2D eigenvalue weighted by molar-refractivity contribution is -0.889. The van der Waals surface area contributed by atoms with Crippen LogP contribution in [0.4, 0.5) is 0 Å². The van der Waals surface area contributed by atoms with Crippen molar-refractivity contribution in [1.82, 2.24) is 0 Å². The molecule has 8 nitrogen and oxygen atoms in total. The summed E-state index contributed by atoms with van der Waals surface area (Å²) >= 11 is 0. The maximum atomic E-state index is 12.7. The summed E-state index contributed by atoms with van der Waals surface area (Å²) in [6, 6.07) is -0.746. The van der Waals surface area contributed by atoms with Gasteiger partial charge in [0.25, 0.3) is 0 Å². The third kappa shape index (κ3) is 39.2. The Hall–Kier alpha value is -4.27. The lowest BCUT2D eigenvalue weighted by atomic mass is 10.1. The molecule has 0 heterocycles. The Bertz CT molecular complexity index is 1390. The normalized spacial score (nSPS) is 14.1. The largest absolute Gasteiger partial charge is 0.544 e. The summed E-state index contributed by atoms with van der Waals surface area (Å²) in [5, 5.41) is 11.6. The van der Waals surface area contributed by atoms with Gasteiger partial charge in [-0.1, -0.05) is 155 Å². The van der Waals surface area contributed by atoms with Crippen LogP contribution >= 0.6 is 0 Å². The molecule has 0 saturated heterocycles. The molecule has 0 aromatic carbocycles. The molecule has 0 spiro atoms. The number of likely N-dealkylation sites (N-methyl/N-ethyl adjacent to an activating group) is 1. The molecule has 0 aliphatic carbocycles. The van der Waals surface area contributed by atoms with E-state index in [1.807, 2.05) is 30.4 Å². The Kier molecular flexibility index (Phi) is 38.5. The maximum Gasteiger partial charge on any atom is 0.306 e. The highest BCUT2D eigenvalue weighted by Gasteiger charge is 2.25. The molecule has 0 amide bonds. The molecule has 0 saturated carbocycles. The number of rotatable bonds is 38. The number of carboxylic acids is 1. The first kappa shape index (κ1) is 55.7. The Labute approximate surface area is 365 Å². The molecule has 0 rings (SSSR count). The van der Waals surface area contributed by atoms with Gasteiger partial charge in [-0.2, -0.15) is 0 Å². The van der Waals surface area contributed by atoms with Crippen molar-refractivity contribution < 1.29 is 38.2 Å². The van der Waals surface area contributed by atoms with Gasteiger partial charge in [-0.25, -0.2) is 0 Å². The number of esters is 2. The van der Waals surface area contributed by atoms with E-state index >= 15 is 0 Å². The molecule has 0 N–H and O–H groups in total. The second kappa shape index (κ2) is 41.5. The van der Waals surface area contributed by atoms with Crippen molar-refractivity contribution >= 4 is 17.9 Å². The summed E-state index contributed by atoms with van der Waals surface area (Å²) in [4.78, 5) is 36.9. The van der Waals surface area contributed by atoms with Gasteiger partial charge in [-0.05, 0) is 83.5 Å². The van der Waals surface area contributed by atoms with Crippen LogP contribution in [0.25, 0.3) is 0 Å². The van der Waals surface area contributed by atoms with Crippen molar-refractivity contribution in [2.24, 2.45) is 0 Å². The van der Waals surface area contributed by atoms with E-state index in [4.69, 9.17) is 14.2 Å². The molecule has 0 fully saturated rings. The number of nitrogens with zero attached hydrogens (tertiary/aromatic N) is 1. The fourth-order valence-corrected chi connectivity index (χ4v) is 5.73. The molecule has 0 aliphatic rings. The number of ether oxygens (including phenoxy) is 3. The second-order valence-electron chi connectivity index (χ2n) is 15.6. The lowest BCUT2D eigenvalue weighted by Gasteiger charge is -2.34. The highest BCUT2D eigenvalue weighted by atomic mass is 16.6. The van der Waals surface area contributed by atoms with E-state index in [0.29, 0.717) is 12.8 Å². The van der Waals surface area contributed by atoms with Crippen molar-refractivity contribution in [3.63, 3.8) is 0 Å². The molecular weight excluding hydrogens is 751 g/mol. The van der Waals surface area contributed by atoms with Gasteiger partial charge in [0.1, 0.15) is 12.6 Å². The van der Waals surface area contributed by atoms with Gasteiger partial charge in [0.05, 0.1) is 40.3 Å². The van der Waals surface area contributed by atoms with Crippen molar-refractivity contribution in [2.75, 3.05) is 41.0 Å². The fraction of sp³-hybridized carbons (Fsp3) is 0.558. The summed E-state index contributed by atoms with van der Waals surface area (Å²) in [6.45, 7) is 4.30. The fourth-order valence-electron chi connectivity index (χ4n) is 5.73. The summed E-state index contributed by atoms with van der Waals surface area (Å²) in [5.41, 5.74) is 0. The van der Waals surface area contributed by atoms with Gasteiger partial charge in [-0.3, -0.25) is 9.59 Å². The molecule has 0 aromatic heterocycles. The van der Waals surface area contributed by atoms with Crippen LogP contribution in [0.3, 0.4) is 0 Å². The number of hydrogen-bond acceptors (Lipinski definition) is 7. The van der Waals surface area contributed by atoms with Crippen LogP contribution in [0.2, 0.25) is 0 Å². The zero-order valence-electron chi connectivity index (χ0n) is 38.1. The first-order valence-electron chi connectivity index (χ1n) is 22.6. The Morgan fingerprint density at radius 2 is 0.967 bits per heavy atom. The van der Waals surface area contributed by atoms with E-state index in [0.717, 1.165) is 96.3 Å². The van der Waals surface area contributed by atoms with Gasteiger partial charge in [0.2, 0.25) is 0 Å². The third-order valence-electron chi connectivity index (χ3n) is 9.19. The molecule has 0 aromatic rings. The van der Waals surface area contributed by atoms with Crippen LogP contribution in [0.15, 0.2) is 122 Å². The van der Waals surface area contributed by atoms with E-state index in [2.05, 4.69) is 105 Å². The molecule has 0 radical (unpaired) electrons. The van der Waals surface area contributed by atoms with Crippen LogP contribution in [0.1, 0.15) is 136 Å². The van der Waals surface area contributed by atoms with Crippen molar-refractivity contribution in [3.8, 4) is 0 Å². The van der Waals surface area contributed by atoms with Crippen LogP contribution in [-0.4, -0.2) is 75.5 Å². The third-order valence-corrected chi connectivity index (χ3v) is 9.19. The average molecular weight is 832 g/mol. The van der Waals surface area contributed by atoms with E-state index in [-0.39, 0.29) is 49.1 Å². The minimum atomic E-state index is -1.14. The van der Waals surface area contributed by atoms with Gasteiger partial charge >= 0.3 is 11.9 Å². The predicted octanol–water partition coefficient (Wildman–Crippen LogP) is 11.3. The highest BCUT2D eigenvalue weighted by Crippen LogP contribution is 2.11. The van der Waals surface area contributed by atoms with Crippen LogP contribution < -0.4 is 5.11 Å². The molecular formula is C52H81NO7. The zero-order chi connectivity index (χ0) is 44.2. The number of carbonyl (C=O) groups is 3. The minimum Gasteiger partial charge on any atom is -0.544 e. The second-order valence-corrected chi connectivity index (χ2v) is 15.6. The van der Waals surface area contributed by atoms with E-state index in [9.17, 15) is 19.5 Å². The Balaban J connectivity index is 4.49. The number of hydrogen-bond donors (Lipinski definition) is 0. The number of carboxylic acid groups (broad SMARTS) is 1. The zero-order valence-corrected chi connectivity index (χ0v) is 38.1. The Morgan fingerprint density at radius 3 is 1.53 bits per heavy atom. The minimum absolute atomic E-state index is 0.00566. The summed E-state index contributed by atoms with van der Waals surface area (Å²) in [7, 11) is 5.37. The number of allylic oxidation sites excluding steroid dienone is 20. The summed E-state index contributed by atoms with van der Waals surface area (Å²) in [6.07, 6.45) is 58.0. The van der Waals surface area contributed by atoms with Crippen molar-refractivity contribution in [1.29, 1.82) is 0 Å². The maximum absolute atomic E-state index is 12.7. The van der Waals surface area contributed by atoms with E-state index < -0.39 is 18.1 Å². The monoisotopic (exact) mass is 832 g/mol. The van der Waals surface area contributed by atoms with E-state index in [1.54, 1.807) is 21.1 Å². The highest BCUT2D eigenvalue weighted by molar-refractivity contribution is 5.70. The number of unbranched alkanes of at least 4 members (excludes halogenated alkanes) is 7. The molecule has 60 heavy (non-hydrogen) atoms. The quantitative estimate of drug-likeness (QED) is 0.0201. The molecule has 2 unspecified atom stereocenters. The van der Waals surface area contributed by atoms with Gasteiger partial charge in [0, 0.05) is 19.3 Å². The number of carbonyl (C=O) groups excluding carboxylic acids is 3. The van der Waals surface area contributed by atoms with Gasteiger partial charge < -0.3 is 28.6 Å². The first-order chi connectivity index (χ1) is 29.1. The average Bonchev–Trinajstić information content (AvgIpc) is 3.21. The molecule has 0 bridgehead atoms. The standard InChI is InChI=1S/C52H81NO7/c1-6-8-10-12-14-16-18-20-22-23-24-25-26-27-29-31-33-35-37-39-41-43-51(55)60-48(46-58-45-44-49(52(56)57)53(3,4)5)47-59-50(54)42-40-38-36-34-32-30-28-21-19-17-15-13-11-9-7-2/h8-11,13-17,19-22,24-25,27-29,33,35,48-49H,6-7,12,18,23,26,30-32,34,36-47H2,1-5H3/b10-8+,11-9+,15-13+,16-14+,19-17+,22-20+,25-24+,28-21+,29-27+,35-33+. The number of quaternary nitrogens is 1. The molecule has 2 atom stereocenters. The van der Waals surface area contributed by atoms with Gasteiger partial charge in [0.15, 0.2) is 6.10 Å². The van der Waals surface area contributed by atoms with Crippen molar-refractivity contribution in [3.05, 3.63) is 122 Å². The molecule has 8 heteroatoms. The Morgan fingerprint density at radius 1 is 0.517 bits per heavy atom. The lowest BCUT2D eigenvalue weighted by Crippen LogP contribution is -2.55. The van der Waals surface area contributed by atoms with Crippen LogP contribution in [-0.2, 0) is 28.6 Å². The van der Waals surface area contributed by atoms with Crippen molar-refractivity contribution in [2.45, 2.75) is 148 Å². The first-order valence-corrected chi connectivity index (χ1v) is 22.6. The van der Waals surface area contributed by atoms with Gasteiger partial charge in [-0.15, -0.1) is 0 Å². The topological polar surface area (TPSA) is 102 Å².